The Morgan fingerprint density at radius 1 is 1.41 bits per heavy atom. The van der Waals surface area contributed by atoms with Crippen molar-refractivity contribution >= 4 is 11.3 Å². The first kappa shape index (κ1) is 12.2. The van der Waals surface area contributed by atoms with Gasteiger partial charge in [0.2, 0.25) is 0 Å². The van der Waals surface area contributed by atoms with Gasteiger partial charge in [0.15, 0.2) is 0 Å². The number of nitrogens with one attached hydrogen (secondary N) is 1. The zero-order valence-electron chi connectivity index (χ0n) is 9.63. The first-order valence-corrected chi connectivity index (χ1v) is 6.27. The molecule has 0 aliphatic carbocycles. The molecule has 0 bridgehead atoms. The number of pyridine rings is 1. The summed E-state index contributed by atoms with van der Waals surface area (Å²) >= 11 is 1.67. The molecule has 0 saturated heterocycles. The summed E-state index contributed by atoms with van der Waals surface area (Å²) < 4.78 is 0. The molecule has 2 aromatic heterocycles. The van der Waals surface area contributed by atoms with Crippen molar-refractivity contribution in [3.05, 3.63) is 46.2 Å². The molecule has 2 rings (SSSR count). The predicted octanol–water partition coefficient (Wildman–Crippen LogP) is 1.67. The molecule has 17 heavy (non-hydrogen) atoms. The van der Waals surface area contributed by atoms with E-state index in [4.69, 9.17) is 0 Å². The predicted molar refractivity (Wildman–Crippen MR) is 67.8 cm³/mol. The molecule has 0 aliphatic heterocycles. The van der Waals surface area contributed by atoms with E-state index in [0.717, 1.165) is 17.1 Å². The van der Waals surface area contributed by atoms with Crippen molar-refractivity contribution in [1.29, 1.82) is 0 Å². The van der Waals surface area contributed by atoms with Gasteiger partial charge in [-0.2, -0.15) is 0 Å². The fraction of sp³-hybridized carbons (Fsp3) is 0.333. The second-order valence-corrected chi connectivity index (χ2v) is 5.09. The van der Waals surface area contributed by atoms with Gasteiger partial charge in [-0.1, -0.05) is 0 Å². The van der Waals surface area contributed by atoms with Gasteiger partial charge in [0.1, 0.15) is 0 Å². The van der Waals surface area contributed by atoms with E-state index >= 15 is 0 Å². The van der Waals surface area contributed by atoms with Gasteiger partial charge in [0.05, 0.1) is 11.1 Å². The number of hydrogen-bond acceptors (Lipinski definition) is 5. The van der Waals surface area contributed by atoms with Crippen LogP contribution < -0.4 is 5.32 Å². The fourth-order valence-corrected chi connectivity index (χ4v) is 2.29. The molecule has 5 heteroatoms. The Balaban J connectivity index is 1.79. The molecule has 0 amide bonds. The lowest BCUT2D eigenvalue weighted by Gasteiger charge is -2.11. The van der Waals surface area contributed by atoms with Crippen molar-refractivity contribution in [2.24, 2.45) is 0 Å². The van der Waals surface area contributed by atoms with Crippen LogP contribution >= 0.6 is 11.3 Å². The van der Waals surface area contributed by atoms with Crippen molar-refractivity contribution in [2.45, 2.75) is 19.6 Å². The van der Waals surface area contributed by atoms with Gasteiger partial charge in [-0.05, 0) is 24.6 Å². The molecule has 90 valence electrons. The van der Waals surface area contributed by atoms with Crippen LogP contribution in [0.3, 0.4) is 0 Å². The first-order chi connectivity index (χ1) is 8.25. The number of rotatable bonds is 5. The monoisotopic (exact) mass is 249 g/mol. The highest BCUT2D eigenvalue weighted by molar-refractivity contribution is 7.11. The summed E-state index contributed by atoms with van der Waals surface area (Å²) in [6.45, 7) is 3.26. The van der Waals surface area contributed by atoms with Gasteiger partial charge >= 0.3 is 0 Å². The van der Waals surface area contributed by atoms with Gasteiger partial charge < -0.3 is 10.4 Å². The highest BCUT2D eigenvalue weighted by atomic mass is 32.1. The Hall–Kier alpha value is -1.30. The molecule has 2 heterocycles. The lowest BCUT2D eigenvalue weighted by Crippen LogP contribution is -2.20. The Morgan fingerprint density at radius 3 is 2.82 bits per heavy atom. The van der Waals surface area contributed by atoms with Gasteiger partial charge in [-0.25, -0.2) is 4.98 Å². The van der Waals surface area contributed by atoms with Gasteiger partial charge in [-0.3, -0.25) is 4.98 Å². The van der Waals surface area contributed by atoms with E-state index in [1.165, 1.54) is 4.88 Å². The highest BCUT2D eigenvalue weighted by Gasteiger charge is 2.06. The van der Waals surface area contributed by atoms with E-state index in [-0.39, 0.29) is 0 Å². The van der Waals surface area contributed by atoms with Crippen LogP contribution in [0.25, 0.3) is 0 Å². The molecule has 0 saturated carbocycles. The third kappa shape index (κ3) is 3.59. The van der Waals surface area contributed by atoms with Crippen LogP contribution in [0.2, 0.25) is 0 Å². The Kier molecular flexibility index (Phi) is 4.19. The van der Waals surface area contributed by atoms with E-state index in [1.54, 1.807) is 23.7 Å². The number of thiazole rings is 1. The number of hydrogen-bond donors (Lipinski definition) is 2. The van der Waals surface area contributed by atoms with Crippen molar-refractivity contribution in [2.75, 3.05) is 6.54 Å². The van der Waals surface area contributed by atoms with Crippen molar-refractivity contribution in [1.82, 2.24) is 15.3 Å². The standard InChI is InChI=1S/C12H15N3OS/c1-9-15-7-11(17-9)6-14-8-12(16)10-2-4-13-5-3-10/h2-5,7,12,14,16H,6,8H2,1H3. The van der Waals surface area contributed by atoms with Crippen LogP contribution in [-0.2, 0) is 6.54 Å². The second-order valence-electron chi connectivity index (χ2n) is 3.77. The fourth-order valence-electron chi connectivity index (χ4n) is 1.52. The number of aliphatic hydroxyl groups is 1. The number of aryl methyl sites for hydroxylation is 1. The zero-order valence-corrected chi connectivity index (χ0v) is 10.4. The van der Waals surface area contributed by atoms with E-state index < -0.39 is 6.10 Å². The summed E-state index contributed by atoms with van der Waals surface area (Å²) in [5.74, 6) is 0. The molecule has 0 fully saturated rings. The van der Waals surface area contributed by atoms with Crippen LogP contribution in [0.5, 0.6) is 0 Å². The maximum atomic E-state index is 9.90. The number of aliphatic hydroxyl groups excluding tert-OH is 1. The van der Waals surface area contributed by atoms with Crippen LogP contribution in [0, 0.1) is 6.92 Å². The summed E-state index contributed by atoms with van der Waals surface area (Å²) in [5.41, 5.74) is 0.882. The zero-order chi connectivity index (χ0) is 12.1. The third-order valence-electron chi connectivity index (χ3n) is 2.40. The molecule has 1 unspecified atom stereocenters. The molecule has 0 spiro atoms. The lowest BCUT2D eigenvalue weighted by molar-refractivity contribution is 0.174. The number of nitrogens with zero attached hydrogens (tertiary/aromatic N) is 2. The third-order valence-corrected chi connectivity index (χ3v) is 3.31. The normalized spacial score (nSPS) is 12.6. The van der Waals surface area contributed by atoms with Crippen molar-refractivity contribution in [3.8, 4) is 0 Å². The second kappa shape index (κ2) is 5.86. The summed E-state index contributed by atoms with van der Waals surface area (Å²) in [6, 6.07) is 3.65. The Labute approximate surface area is 104 Å². The minimum absolute atomic E-state index is 0.494. The maximum absolute atomic E-state index is 9.90. The Morgan fingerprint density at radius 2 is 2.18 bits per heavy atom. The molecule has 4 nitrogen and oxygen atoms in total. The van der Waals surface area contributed by atoms with Crippen LogP contribution in [0.1, 0.15) is 21.6 Å². The molecular formula is C12H15N3OS. The van der Waals surface area contributed by atoms with Crippen LogP contribution in [-0.4, -0.2) is 21.6 Å². The SMILES string of the molecule is Cc1ncc(CNCC(O)c2ccncc2)s1. The molecule has 0 aliphatic rings. The molecule has 1 atom stereocenters. The quantitative estimate of drug-likeness (QED) is 0.846. The molecule has 2 aromatic rings. The largest absolute Gasteiger partial charge is 0.387 e. The van der Waals surface area contributed by atoms with E-state index in [2.05, 4.69) is 15.3 Å². The molecule has 0 radical (unpaired) electrons. The summed E-state index contributed by atoms with van der Waals surface area (Å²) in [6.07, 6.45) is 4.74. The summed E-state index contributed by atoms with van der Waals surface area (Å²) in [7, 11) is 0. The molecule has 0 aromatic carbocycles. The first-order valence-electron chi connectivity index (χ1n) is 5.45. The van der Waals surface area contributed by atoms with Crippen molar-refractivity contribution in [3.63, 3.8) is 0 Å². The highest BCUT2D eigenvalue weighted by Crippen LogP contribution is 2.12. The van der Waals surface area contributed by atoms with Crippen molar-refractivity contribution < 1.29 is 5.11 Å². The van der Waals surface area contributed by atoms with E-state index in [0.29, 0.717) is 6.54 Å². The van der Waals surface area contributed by atoms with Crippen LogP contribution in [0.4, 0.5) is 0 Å². The summed E-state index contributed by atoms with van der Waals surface area (Å²) in [4.78, 5) is 9.29. The van der Waals surface area contributed by atoms with Crippen LogP contribution in [0.15, 0.2) is 30.7 Å². The van der Waals surface area contributed by atoms with E-state index in [9.17, 15) is 5.11 Å². The smallest absolute Gasteiger partial charge is 0.0915 e. The average Bonchev–Trinajstić information content (AvgIpc) is 2.76. The van der Waals surface area contributed by atoms with E-state index in [1.807, 2.05) is 25.3 Å². The topological polar surface area (TPSA) is 58.0 Å². The molecular weight excluding hydrogens is 234 g/mol. The van der Waals surface area contributed by atoms with Gasteiger partial charge in [0, 0.05) is 36.6 Å². The van der Waals surface area contributed by atoms with Gasteiger partial charge in [0.25, 0.3) is 0 Å². The maximum Gasteiger partial charge on any atom is 0.0915 e. The number of aromatic nitrogens is 2. The minimum atomic E-state index is -0.494. The van der Waals surface area contributed by atoms with Gasteiger partial charge in [-0.15, -0.1) is 11.3 Å². The lowest BCUT2D eigenvalue weighted by atomic mass is 10.1. The summed E-state index contributed by atoms with van der Waals surface area (Å²) in [5, 5.41) is 14.2. The Bertz CT molecular complexity index is 458. The molecule has 2 N–H and O–H groups in total. The minimum Gasteiger partial charge on any atom is -0.387 e. The average molecular weight is 249 g/mol.